The molecule has 2 unspecified atom stereocenters. The summed E-state index contributed by atoms with van der Waals surface area (Å²) in [4.78, 5) is 3.78. The molecule has 0 bridgehead atoms. The van der Waals surface area contributed by atoms with Gasteiger partial charge in [-0.15, -0.1) is 0 Å². The Hall–Kier alpha value is -1.38. The van der Waals surface area contributed by atoms with Gasteiger partial charge in [-0.25, -0.2) is 0 Å². The number of hydrogen-bond donors (Lipinski definition) is 4. The van der Waals surface area contributed by atoms with Crippen LogP contribution < -0.4 is 4.74 Å². The van der Waals surface area contributed by atoms with Crippen molar-refractivity contribution in [2.75, 3.05) is 6.61 Å². The molecule has 0 aromatic heterocycles. The van der Waals surface area contributed by atoms with Gasteiger partial charge in [-0.1, -0.05) is 0 Å². The molecule has 21 heavy (non-hydrogen) atoms. The number of isothiocyanates is 1. The molecule has 1 aromatic carbocycles. The van der Waals surface area contributed by atoms with Crippen molar-refractivity contribution in [3.8, 4) is 5.75 Å². The standard InChI is InChI=1S/C13H15NO6S/c15-5-9-10(16)11(17)12(18)13(20-9)19-8-3-1-7(2-4-8)14-6-21/h1-4,9-13,15-18H,5H2/t9?,10-,11-,12?,13+/m0/s1. The number of rotatable bonds is 4. The zero-order valence-electron chi connectivity index (χ0n) is 10.9. The van der Waals surface area contributed by atoms with Crippen LogP contribution >= 0.6 is 12.2 Å². The van der Waals surface area contributed by atoms with Gasteiger partial charge in [-0.3, -0.25) is 0 Å². The van der Waals surface area contributed by atoms with E-state index in [0.717, 1.165) is 0 Å². The maximum absolute atomic E-state index is 9.84. The fourth-order valence-electron chi connectivity index (χ4n) is 1.95. The molecule has 1 aliphatic heterocycles. The highest BCUT2D eigenvalue weighted by molar-refractivity contribution is 7.78. The third-order valence-electron chi connectivity index (χ3n) is 3.11. The second-order valence-electron chi connectivity index (χ2n) is 4.51. The molecule has 114 valence electrons. The van der Waals surface area contributed by atoms with Crippen molar-refractivity contribution >= 4 is 23.1 Å². The summed E-state index contributed by atoms with van der Waals surface area (Å²) in [6.07, 6.45) is -6.54. The summed E-state index contributed by atoms with van der Waals surface area (Å²) in [6, 6.07) is 6.40. The Bertz CT molecular complexity index is 516. The Morgan fingerprint density at radius 2 is 1.81 bits per heavy atom. The van der Waals surface area contributed by atoms with Crippen LogP contribution in [0.5, 0.6) is 5.75 Å². The highest BCUT2D eigenvalue weighted by Gasteiger charge is 2.44. The topological polar surface area (TPSA) is 112 Å². The lowest BCUT2D eigenvalue weighted by Crippen LogP contribution is -2.60. The number of benzene rings is 1. The predicted molar refractivity (Wildman–Crippen MR) is 75.5 cm³/mol. The molecule has 1 aromatic rings. The van der Waals surface area contributed by atoms with E-state index in [1.54, 1.807) is 24.3 Å². The number of hydrogen-bond acceptors (Lipinski definition) is 8. The van der Waals surface area contributed by atoms with Gasteiger partial charge in [0.05, 0.1) is 17.5 Å². The van der Waals surface area contributed by atoms with E-state index < -0.39 is 37.3 Å². The molecular formula is C13H15NO6S. The van der Waals surface area contributed by atoms with Crippen LogP contribution in [0.1, 0.15) is 0 Å². The highest BCUT2D eigenvalue weighted by atomic mass is 32.1. The van der Waals surface area contributed by atoms with Crippen LogP contribution in [-0.4, -0.2) is 62.9 Å². The second-order valence-corrected chi connectivity index (χ2v) is 4.69. The van der Waals surface area contributed by atoms with Crippen LogP contribution in [0.15, 0.2) is 29.3 Å². The predicted octanol–water partition coefficient (Wildman–Crippen LogP) is -0.400. The van der Waals surface area contributed by atoms with Crippen molar-refractivity contribution in [2.24, 2.45) is 4.99 Å². The van der Waals surface area contributed by atoms with E-state index in [4.69, 9.17) is 14.6 Å². The normalized spacial score (nSPS) is 32.3. The molecule has 1 fully saturated rings. The zero-order chi connectivity index (χ0) is 15.4. The summed E-state index contributed by atoms with van der Waals surface area (Å²) in [5.74, 6) is 0.364. The van der Waals surface area contributed by atoms with Crippen LogP contribution in [0.25, 0.3) is 0 Å². The summed E-state index contributed by atoms with van der Waals surface area (Å²) >= 11 is 4.49. The Morgan fingerprint density at radius 1 is 1.14 bits per heavy atom. The molecule has 0 aliphatic carbocycles. The minimum atomic E-state index is -1.47. The number of aliphatic imine (C=N–C) groups is 1. The SMILES string of the molecule is OCC1O[C@@H](Oc2ccc(N=C=S)cc2)C(O)[C@@H](O)[C@H]1O. The quantitative estimate of drug-likeness (QED) is 0.442. The molecule has 8 heteroatoms. The molecule has 1 heterocycles. The van der Waals surface area contributed by atoms with E-state index in [9.17, 15) is 15.3 Å². The van der Waals surface area contributed by atoms with E-state index >= 15 is 0 Å². The van der Waals surface area contributed by atoms with Crippen molar-refractivity contribution in [1.29, 1.82) is 0 Å². The number of aliphatic hydroxyl groups excluding tert-OH is 4. The summed E-state index contributed by atoms with van der Waals surface area (Å²) in [5.41, 5.74) is 0.589. The van der Waals surface area contributed by atoms with E-state index in [-0.39, 0.29) is 0 Å². The number of ether oxygens (including phenoxy) is 2. The molecule has 4 N–H and O–H groups in total. The molecular weight excluding hydrogens is 298 g/mol. The largest absolute Gasteiger partial charge is 0.462 e. The first-order valence-corrected chi connectivity index (χ1v) is 6.62. The maximum Gasteiger partial charge on any atom is 0.229 e. The van der Waals surface area contributed by atoms with E-state index in [2.05, 4.69) is 22.4 Å². The average Bonchev–Trinajstić information content (AvgIpc) is 2.50. The Labute approximate surface area is 126 Å². The Morgan fingerprint density at radius 3 is 2.38 bits per heavy atom. The maximum atomic E-state index is 9.84. The van der Waals surface area contributed by atoms with Crippen LogP contribution in [0.4, 0.5) is 5.69 Å². The van der Waals surface area contributed by atoms with Gasteiger partial charge in [0.1, 0.15) is 30.2 Å². The summed E-state index contributed by atoms with van der Waals surface area (Å²) in [7, 11) is 0. The summed E-state index contributed by atoms with van der Waals surface area (Å²) in [5, 5.41) is 40.5. The zero-order valence-corrected chi connectivity index (χ0v) is 11.7. The molecule has 1 aliphatic rings. The summed E-state index contributed by atoms with van der Waals surface area (Å²) in [6.45, 7) is -0.507. The van der Waals surface area contributed by atoms with Gasteiger partial charge in [0.15, 0.2) is 0 Å². The van der Waals surface area contributed by atoms with Crippen molar-refractivity contribution in [2.45, 2.75) is 30.7 Å². The van der Waals surface area contributed by atoms with Crippen LogP contribution in [0.3, 0.4) is 0 Å². The first-order chi connectivity index (χ1) is 10.1. The van der Waals surface area contributed by atoms with Crippen LogP contribution in [0.2, 0.25) is 0 Å². The van der Waals surface area contributed by atoms with Gasteiger partial charge in [-0.2, -0.15) is 4.99 Å². The molecule has 1 saturated heterocycles. The van der Waals surface area contributed by atoms with Crippen LogP contribution in [0, 0.1) is 0 Å². The fourth-order valence-corrected chi connectivity index (χ4v) is 2.06. The Balaban J connectivity index is 2.08. The van der Waals surface area contributed by atoms with Crippen molar-refractivity contribution in [1.82, 2.24) is 0 Å². The Kier molecular flexibility index (Phi) is 5.38. The first kappa shape index (κ1) is 16.0. The average molecular weight is 313 g/mol. The van der Waals surface area contributed by atoms with Crippen molar-refractivity contribution < 1.29 is 29.9 Å². The highest BCUT2D eigenvalue weighted by Crippen LogP contribution is 2.25. The smallest absolute Gasteiger partial charge is 0.229 e. The lowest BCUT2D eigenvalue weighted by atomic mass is 9.99. The minimum absolute atomic E-state index is 0.364. The van der Waals surface area contributed by atoms with Crippen LogP contribution in [-0.2, 0) is 4.74 Å². The molecule has 7 nitrogen and oxygen atoms in total. The number of thiocarbonyl (C=S) groups is 1. The van der Waals surface area contributed by atoms with Crippen molar-refractivity contribution in [3.63, 3.8) is 0 Å². The van der Waals surface area contributed by atoms with Gasteiger partial charge >= 0.3 is 0 Å². The third-order valence-corrected chi connectivity index (χ3v) is 3.20. The molecule has 2 rings (SSSR count). The van der Waals surface area contributed by atoms with E-state index in [0.29, 0.717) is 11.4 Å². The molecule has 0 saturated carbocycles. The number of nitrogens with zero attached hydrogens (tertiary/aromatic N) is 1. The summed E-state index contributed by atoms with van der Waals surface area (Å²) < 4.78 is 10.6. The molecule has 0 spiro atoms. The second kappa shape index (κ2) is 7.06. The van der Waals surface area contributed by atoms with Gasteiger partial charge in [0, 0.05) is 0 Å². The number of aliphatic hydroxyl groups is 4. The fraction of sp³-hybridized carbons (Fsp3) is 0.462. The first-order valence-electron chi connectivity index (χ1n) is 6.22. The molecule has 0 radical (unpaired) electrons. The van der Waals surface area contributed by atoms with Gasteiger partial charge < -0.3 is 29.9 Å². The van der Waals surface area contributed by atoms with Gasteiger partial charge in [0.25, 0.3) is 0 Å². The monoisotopic (exact) mass is 313 g/mol. The van der Waals surface area contributed by atoms with E-state index in [1.165, 1.54) is 0 Å². The lowest BCUT2D eigenvalue weighted by Gasteiger charge is -2.39. The molecule has 5 atom stereocenters. The third kappa shape index (κ3) is 3.63. The minimum Gasteiger partial charge on any atom is -0.462 e. The van der Waals surface area contributed by atoms with Gasteiger partial charge in [0.2, 0.25) is 6.29 Å². The van der Waals surface area contributed by atoms with Gasteiger partial charge in [-0.05, 0) is 36.5 Å². The lowest BCUT2D eigenvalue weighted by molar-refractivity contribution is -0.277. The van der Waals surface area contributed by atoms with E-state index in [1.807, 2.05) is 0 Å². The molecule has 0 amide bonds. The van der Waals surface area contributed by atoms with Crippen molar-refractivity contribution in [3.05, 3.63) is 24.3 Å².